The molecule has 0 bridgehead atoms. The number of halogens is 2. The van der Waals surface area contributed by atoms with Gasteiger partial charge in [-0.05, 0) is 42.2 Å². The number of ether oxygens (including phenoxy) is 1. The first-order valence-electron chi connectivity index (χ1n) is 8.81. The van der Waals surface area contributed by atoms with E-state index in [2.05, 4.69) is 10.2 Å². The topological polar surface area (TPSA) is 41.6 Å². The number of hydrogen-bond acceptors (Lipinski definition) is 3. The first-order chi connectivity index (χ1) is 12.6. The van der Waals surface area contributed by atoms with Gasteiger partial charge in [0.2, 0.25) is 5.91 Å². The average Bonchev–Trinajstić information content (AvgIpc) is 3.44. The summed E-state index contributed by atoms with van der Waals surface area (Å²) < 4.78 is 5.42. The molecule has 1 aliphatic heterocycles. The number of anilines is 2. The first kappa shape index (κ1) is 17.7. The molecule has 6 heteroatoms. The second kappa shape index (κ2) is 7.47. The van der Waals surface area contributed by atoms with Gasteiger partial charge in [-0.15, -0.1) is 0 Å². The molecule has 26 heavy (non-hydrogen) atoms. The predicted octanol–water partition coefficient (Wildman–Crippen LogP) is 4.57. The van der Waals surface area contributed by atoms with Crippen LogP contribution in [0.3, 0.4) is 0 Å². The summed E-state index contributed by atoms with van der Waals surface area (Å²) in [6.07, 6.45) is 0.822. The van der Waals surface area contributed by atoms with Gasteiger partial charge in [0.1, 0.15) is 0 Å². The molecule has 2 aromatic carbocycles. The molecule has 1 saturated heterocycles. The van der Waals surface area contributed by atoms with Gasteiger partial charge in [-0.1, -0.05) is 41.4 Å². The summed E-state index contributed by atoms with van der Waals surface area (Å²) in [5.41, 5.74) is 2.80. The molecule has 1 amide bonds. The summed E-state index contributed by atoms with van der Waals surface area (Å²) in [5.74, 6) is 0.160. The number of nitrogens with one attached hydrogen (secondary N) is 1. The van der Waals surface area contributed by atoms with Crippen molar-refractivity contribution in [1.29, 1.82) is 0 Å². The molecule has 2 fully saturated rings. The predicted molar refractivity (Wildman–Crippen MR) is 105 cm³/mol. The molecule has 2 atom stereocenters. The van der Waals surface area contributed by atoms with E-state index in [1.165, 1.54) is 0 Å². The van der Waals surface area contributed by atoms with Crippen molar-refractivity contribution in [3.8, 4) is 0 Å². The van der Waals surface area contributed by atoms with Crippen LogP contribution in [0, 0.1) is 5.92 Å². The van der Waals surface area contributed by atoms with Gasteiger partial charge in [0, 0.05) is 29.1 Å². The van der Waals surface area contributed by atoms with E-state index < -0.39 is 0 Å². The quantitative estimate of drug-likeness (QED) is 0.830. The highest BCUT2D eigenvalue weighted by Crippen LogP contribution is 2.50. The lowest BCUT2D eigenvalue weighted by Crippen LogP contribution is -2.36. The van der Waals surface area contributed by atoms with E-state index in [-0.39, 0.29) is 17.7 Å². The largest absolute Gasteiger partial charge is 0.378 e. The highest BCUT2D eigenvalue weighted by Gasteiger charge is 2.45. The van der Waals surface area contributed by atoms with Gasteiger partial charge in [0.05, 0.1) is 24.6 Å². The van der Waals surface area contributed by atoms with Gasteiger partial charge in [-0.2, -0.15) is 0 Å². The van der Waals surface area contributed by atoms with Crippen molar-refractivity contribution in [2.24, 2.45) is 5.92 Å². The Morgan fingerprint density at radius 3 is 2.65 bits per heavy atom. The highest BCUT2D eigenvalue weighted by molar-refractivity contribution is 6.31. The van der Waals surface area contributed by atoms with Gasteiger partial charge in [-0.25, -0.2) is 0 Å². The third-order valence-corrected chi connectivity index (χ3v) is 5.58. The number of morpholine rings is 1. The molecule has 4 nitrogen and oxygen atoms in total. The molecule has 1 aliphatic carbocycles. The lowest BCUT2D eigenvalue weighted by atomic mass is 10.1. The lowest BCUT2D eigenvalue weighted by Gasteiger charge is -2.30. The summed E-state index contributed by atoms with van der Waals surface area (Å²) in [6.45, 7) is 2.98. The number of benzene rings is 2. The summed E-state index contributed by atoms with van der Waals surface area (Å²) in [7, 11) is 0. The van der Waals surface area contributed by atoms with E-state index in [0.29, 0.717) is 18.2 Å². The number of rotatable bonds is 4. The van der Waals surface area contributed by atoms with Crippen LogP contribution >= 0.6 is 23.2 Å². The van der Waals surface area contributed by atoms with Crippen molar-refractivity contribution in [3.05, 3.63) is 58.1 Å². The van der Waals surface area contributed by atoms with Crippen molar-refractivity contribution in [2.45, 2.75) is 12.3 Å². The molecule has 1 N–H and O–H groups in total. The SMILES string of the molecule is O=C(Nc1cc(Cl)ccc1N1CCOCC1)C1CC1c1ccccc1Cl. The number of hydrogen-bond donors (Lipinski definition) is 1. The Bertz CT molecular complexity index is 821. The molecule has 136 valence electrons. The van der Waals surface area contributed by atoms with Crippen molar-refractivity contribution >= 4 is 40.5 Å². The minimum Gasteiger partial charge on any atom is -0.378 e. The van der Waals surface area contributed by atoms with Crippen LogP contribution in [0.2, 0.25) is 10.0 Å². The molecule has 1 heterocycles. The number of carbonyl (C=O) groups is 1. The van der Waals surface area contributed by atoms with Gasteiger partial charge in [0.15, 0.2) is 0 Å². The van der Waals surface area contributed by atoms with Gasteiger partial charge < -0.3 is 15.0 Å². The average molecular weight is 391 g/mol. The maximum absolute atomic E-state index is 12.8. The standard InChI is InChI=1S/C20H20Cl2N2O2/c21-13-5-6-19(24-7-9-26-10-8-24)18(11-13)23-20(25)16-12-15(16)14-3-1-2-4-17(14)22/h1-6,11,15-16H,7-10,12H2,(H,23,25). The summed E-state index contributed by atoms with van der Waals surface area (Å²) in [4.78, 5) is 15.0. The molecule has 0 radical (unpaired) electrons. The molecular weight excluding hydrogens is 371 g/mol. The third kappa shape index (κ3) is 3.68. The molecular formula is C20H20Cl2N2O2. The van der Waals surface area contributed by atoms with Gasteiger partial charge in [-0.3, -0.25) is 4.79 Å². The molecule has 4 rings (SSSR count). The van der Waals surface area contributed by atoms with E-state index in [0.717, 1.165) is 41.5 Å². The fourth-order valence-electron chi connectivity index (χ4n) is 3.52. The van der Waals surface area contributed by atoms with E-state index >= 15 is 0 Å². The smallest absolute Gasteiger partial charge is 0.228 e. The van der Waals surface area contributed by atoms with Crippen LogP contribution in [0.5, 0.6) is 0 Å². The summed E-state index contributed by atoms with van der Waals surface area (Å²) in [5, 5.41) is 4.41. The van der Waals surface area contributed by atoms with Crippen LogP contribution in [0.1, 0.15) is 17.9 Å². The lowest BCUT2D eigenvalue weighted by molar-refractivity contribution is -0.117. The number of nitrogens with zero attached hydrogens (tertiary/aromatic N) is 1. The second-order valence-corrected chi connectivity index (χ2v) is 7.56. The summed E-state index contributed by atoms with van der Waals surface area (Å²) >= 11 is 12.4. The fraction of sp³-hybridized carbons (Fsp3) is 0.350. The zero-order chi connectivity index (χ0) is 18.1. The maximum Gasteiger partial charge on any atom is 0.228 e. The zero-order valence-corrected chi connectivity index (χ0v) is 15.8. The van der Waals surface area contributed by atoms with Crippen molar-refractivity contribution < 1.29 is 9.53 Å². The van der Waals surface area contributed by atoms with Crippen LogP contribution < -0.4 is 10.2 Å². The van der Waals surface area contributed by atoms with E-state index in [1.807, 2.05) is 42.5 Å². The third-order valence-electron chi connectivity index (χ3n) is 5.00. The van der Waals surface area contributed by atoms with E-state index in [4.69, 9.17) is 27.9 Å². The van der Waals surface area contributed by atoms with E-state index in [1.54, 1.807) is 0 Å². The van der Waals surface area contributed by atoms with Crippen LogP contribution in [-0.4, -0.2) is 32.2 Å². The minimum atomic E-state index is -0.0496. The minimum absolute atomic E-state index is 0.0201. The number of amides is 1. The highest BCUT2D eigenvalue weighted by atomic mass is 35.5. The van der Waals surface area contributed by atoms with Crippen molar-refractivity contribution in [2.75, 3.05) is 36.5 Å². The maximum atomic E-state index is 12.8. The Hall–Kier alpha value is -1.75. The molecule has 2 aliphatic rings. The zero-order valence-electron chi connectivity index (χ0n) is 14.3. The van der Waals surface area contributed by atoms with Gasteiger partial charge in [0.25, 0.3) is 0 Å². The molecule has 0 aromatic heterocycles. The molecule has 1 saturated carbocycles. The van der Waals surface area contributed by atoms with E-state index in [9.17, 15) is 4.79 Å². The van der Waals surface area contributed by atoms with Crippen LogP contribution in [0.15, 0.2) is 42.5 Å². The fourth-order valence-corrected chi connectivity index (χ4v) is 3.97. The van der Waals surface area contributed by atoms with Crippen LogP contribution in [-0.2, 0) is 9.53 Å². The Morgan fingerprint density at radius 1 is 1.12 bits per heavy atom. The molecule has 0 spiro atoms. The Labute approximate surface area is 163 Å². The van der Waals surface area contributed by atoms with Crippen molar-refractivity contribution in [3.63, 3.8) is 0 Å². The molecule has 2 unspecified atom stereocenters. The Balaban J connectivity index is 1.50. The first-order valence-corrected chi connectivity index (χ1v) is 9.56. The van der Waals surface area contributed by atoms with Crippen LogP contribution in [0.25, 0.3) is 0 Å². The van der Waals surface area contributed by atoms with Gasteiger partial charge >= 0.3 is 0 Å². The monoisotopic (exact) mass is 390 g/mol. The Morgan fingerprint density at radius 2 is 1.88 bits per heavy atom. The Kier molecular flexibility index (Phi) is 5.07. The van der Waals surface area contributed by atoms with Crippen molar-refractivity contribution in [1.82, 2.24) is 0 Å². The second-order valence-electron chi connectivity index (χ2n) is 6.72. The van der Waals surface area contributed by atoms with Crippen LogP contribution in [0.4, 0.5) is 11.4 Å². The summed E-state index contributed by atoms with van der Waals surface area (Å²) in [6, 6.07) is 13.4. The number of carbonyl (C=O) groups excluding carboxylic acids is 1. The normalized spacial score (nSPS) is 22.2. The molecule has 2 aromatic rings.